The Morgan fingerprint density at radius 1 is 1.08 bits per heavy atom. The normalized spacial score (nSPS) is 10.1. The Bertz CT molecular complexity index is 732. The molecule has 0 aliphatic heterocycles. The smallest absolute Gasteiger partial charge is 0.340 e. The summed E-state index contributed by atoms with van der Waals surface area (Å²) in [4.78, 5) is 23.7. The van der Waals surface area contributed by atoms with Gasteiger partial charge in [-0.25, -0.2) is 4.79 Å². The lowest BCUT2D eigenvalue weighted by atomic mass is 10.2. The highest BCUT2D eigenvalue weighted by Crippen LogP contribution is 2.21. The van der Waals surface area contributed by atoms with E-state index in [9.17, 15) is 9.59 Å². The summed E-state index contributed by atoms with van der Waals surface area (Å²) >= 11 is 11.7. The molecule has 2 aromatic carbocycles. The van der Waals surface area contributed by atoms with E-state index in [1.54, 1.807) is 25.3 Å². The monoisotopic (exact) mass is 367 g/mol. The second-order valence-corrected chi connectivity index (χ2v) is 5.67. The number of carbonyl (C=O) groups excluding carboxylic acids is 2. The van der Waals surface area contributed by atoms with Crippen molar-refractivity contribution in [3.05, 3.63) is 63.6 Å². The predicted molar refractivity (Wildman–Crippen MR) is 91.6 cm³/mol. The van der Waals surface area contributed by atoms with E-state index in [4.69, 9.17) is 32.7 Å². The summed E-state index contributed by atoms with van der Waals surface area (Å²) in [5, 5.41) is 3.22. The fourth-order valence-electron chi connectivity index (χ4n) is 1.86. The minimum Gasteiger partial charge on any atom is -0.497 e. The molecule has 0 fully saturated rings. The fraction of sp³-hybridized carbons (Fsp3) is 0.176. The largest absolute Gasteiger partial charge is 0.497 e. The zero-order chi connectivity index (χ0) is 17.5. The molecule has 0 aliphatic rings. The van der Waals surface area contributed by atoms with Crippen molar-refractivity contribution in [1.82, 2.24) is 5.32 Å². The van der Waals surface area contributed by atoms with Gasteiger partial charge in [-0.1, -0.05) is 35.3 Å². The fourth-order valence-corrected chi connectivity index (χ4v) is 2.22. The van der Waals surface area contributed by atoms with Crippen molar-refractivity contribution >= 4 is 35.1 Å². The van der Waals surface area contributed by atoms with E-state index in [2.05, 4.69) is 5.32 Å². The minimum atomic E-state index is -0.706. The molecule has 5 nitrogen and oxygen atoms in total. The van der Waals surface area contributed by atoms with E-state index in [1.807, 2.05) is 12.1 Å². The van der Waals surface area contributed by atoms with Crippen LogP contribution in [0.15, 0.2) is 42.5 Å². The molecule has 0 saturated heterocycles. The molecule has 0 saturated carbocycles. The van der Waals surface area contributed by atoms with E-state index in [0.29, 0.717) is 11.6 Å². The molecular formula is C17H15Cl2NO4. The van der Waals surface area contributed by atoms with Crippen LogP contribution in [0.5, 0.6) is 5.75 Å². The molecule has 2 aromatic rings. The number of hydrogen-bond donors (Lipinski definition) is 1. The first-order chi connectivity index (χ1) is 11.5. The van der Waals surface area contributed by atoms with Crippen molar-refractivity contribution in [2.45, 2.75) is 6.54 Å². The topological polar surface area (TPSA) is 64.6 Å². The molecule has 1 amide bonds. The van der Waals surface area contributed by atoms with Crippen LogP contribution in [0.3, 0.4) is 0 Å². The molecule has 7 heteroatoms. The molecular weight excluding hydrogens is 353 g/mol. The van der Waals surface area contributed by atoms with Crippen molar-refractivity contribution in [2.75, 3.05) is 13.7 Å². The van der Waals surface area contributed by atoms with E-state index < -0.39 is 18.5 Å². The number of benzene rings is 2. The van der Waals surface area contributed by atoms with Crippen molar-refractivity contribution in [3.8, 4) is 5.75 Å². The van der Waals surface area contributed by atoms with Gasteiger partial charge in [0, 0.05) is 11.6 Å². The van der Waals surface area contributed by atoms with Crippen molar-refractivity contribution in [3.63, 3.8) is 0 Å². The number of esters is 1. The van der Waals surface area contributed by atoms with Gasteiger partial charge in [-0.3, -0.25) is 4.79 Å². The average Bonchev–Trinajstić information content (AvgIpc) is 2.60. The number of halogens is 2. The second-order valence-electron chi connectivity index (χ2n) is 4.83. The molecule has 0 radical (unpaired) electrons. The standard InChI is InChI=1S/C17H15Cl2NO4/c1-23-13-5-2-11(3-6-13)9-20-16(21)10-24-17(22)14-8-12(18)4-7-15(14)19/h2-8H,9-10H2,1H3,(H,20,21). The van der Waals surface area contributed by atoms with Gasteiger partial charge in [0.2, 0.25) is 0 Å². The summed E-state index contributed by atoms with van der Waals surface area (Å²) in [6.45, 7) is -0.0872. The Hall–Kier alpha value is -2.24. The van der Waals surface area contributed by atoms with Crippen LogP contribution in [0.1, 0.15) is 15.9 Å². The summed E-state index contributed by atoms with van der Waals surface area (Å²) in [5.41, 5.74) is 1.01. The summed E-state index contributed by atoms with van der Waals surface area (Å²) in [5.74, 6) is -0.392. The van der Waals surface area contributed by atoms with Gasteiger partial charge in [0.05, 0.1) is 17.7 Å². The number of nitrogens with one attached hydrogen (secondary N) is 1. The molecule has 0 aliphatic carbocycles. The highest BCUT2D eigenvalue weighted by Gasteiger charge is 2.14. The van der Waals surface area contributed by atoms with Crippen LogP contribution in [0.25, 0.3) is 0 Å². The van der Waals surface area contributed by atoms with E-state index in [-0.39, 0.29) is 10.6 Å². The highest BCUT2D eigenvalue weighted by molar-refractivity contribution is 6.35. The maximum atomic E-state index is 11.9. The third-order valence-corrected chi connectivity index (χ3v) is 3.70. The Kier molecular flexibility index (Phi) is 6.46. The van der Waals surface area contributed by atoms with Crippen LogP contribution in [0.4, 0.5) is 0 Å². The summed E-state index contributed by atoms with van der Waals surface area (Å²) < 4.78 is 9.99. The Morgan fingerprint density at radius 3 is 2.46 bits per heavy atom. The second kappa shape index (κ2) is 8.57. The van der Waals surface area contributed by atoms with Crippen LogP contribution >= 0.6 is 23.2 Å². The highest BCUT2D eigenvalue weighted by atomic mass is 35.5. The molecule has 1 N–H and O–H groups in total. The van der Waals surface area contributed by atoms with E-state index in [0.717, 1.165) is 11.3 Å². The Labute approximate surface area is 149 Å². The SMILES string of the molecule is COc1ccc(CNC(=O)COC(=O)c2cc(Cl)ccc2Cl)cc1. The van der Waals surface area contributed by atoms with Crippen molar-refractivity contribution in [2.24, 2.45) is 0 Å². The Morgan fingerprint density at radius 2 is 1.79 bits per heavy atom. The average molecular weight is 368 g/mol. The maximum absolute atomic E-state index is 11.9. The lowest BCUT2D eigenvalue weighted by Crippen LogP contribution is -2.28. The molecule has 0 bridgehead atoms. The third-order valence-electron chi connectivity index (χ3n) is 3.13. The first kappa shape index (κ1) is 18.1. The zero-order valence-corrected chi connectivity index (χ0v) is 14.4. The number of carbonyl (C=O) groups is 2. The van der Waals surface area contributed by atoms with Gasteiger partial charge in [-0.05, 0) is 35.9 Å². The summed E-state index contributed by atoms with van der Waals surface area (Å²) in [6.07, 6.45) is 0. The van der Waals surface area contributed by atoms with Gasteiger partial charge in [0.15, 0.2) is 6.61 Å². The third kappa shape index (κ3) is 5.15. The Balaban J connectivity index is 1.82. The lowest BCUT2D eigenvalue weighted by molar-refractivity contribution is -0.124. The maximum Gasteiger partial charge on any atom is 0.340 e. The van der Waals surface area contributed by atoms with E-state index >= 15 is 0 Å². The van der Waals surface area contributed by atoms with Gasteiger partial charge in [0.1, 0.15) is 5.75 Å². The van der Waals surface area contributed by atoms with E-state index in [1.165, 1.54) is 12.1 Å². The van der Waals surface area contributed by atoms with Gasteiger partial charge in [0.25, 0.3) is 5.91 Å². The molecule has 0 unspecified atom stereocenters. The molecule has 24 heavy (non-hydrogen) atoms. The van der Waals surface area contributed by atoms with Crippen LogP contribution in [-0.4, -0.2) is 25.6 Å². The molecule has 2 rings (SSSR count). The van der Waals surface area contributed by atoms with Gasteiger partial charge < -0.3 is 14.8 Å². The number of ether oxygens (including phenoxy) is 2. The first-order valence-corrected chi connectivity index (χ1v) is 7.77. The predicted octanol–water partition coefficient (Wildman–Crippen LogP) is 3.48. The number of amides is 1. The lowest BCUT2D eigenvalue weighted by Gasteiger charge is -2.08. The molecule has 0 spiro atoms. The molecule has 0 atom stereocenters. The molecule has 126 valence electrons. The van der Waals surface area contributed by atoms with Crippen LogP contribution in [0.2, 0.25) is 10.0 Å². The van der Waals surface area contributed by atoms with Crippen LogP contribution in [0, 0.1) is 0 Å². The number of hydrogen-bond acceptors (Lipinski definition) is 4. The van der Waals surface area contributed by atoms with Crippen molar-refractivity contribution in [1.29, 1.82) is 0 Å². The van der Waals surface area contributed by atoms with Gasteiger partial charge in [-0.15, -0.1) is 0 Å². The van der Waals surface area contributed by atoms with Gasteiger partial charge >= 0.3 is 5.97 Å². The zero-order valence-electron chi connectivity index (χ0n) is 12.8. The number of rotatable bonds is 6. The van der Waals surface area contributed by atoms with Crippen molar-refractivity contribution < 1.29 is 19.1 Å². The van der Waals surface area contributed by atoms with Gasteiger partial charge in [-0.2, -0.15) is 0 Å². The molecule has 0 heterocycles. The summed E-state index contributed by atoms with van der Waals surface area (Å²) in [7, 11) is 1.58. The molecule has 0 aromatic heterocycles. The minimum absolute atomic E-state index is 0.118. The first-order valence-electron chi connectivity index (χ1n) is 7.01. The number of methoxy groups -OCH3 is 1. The summed E-state index contributed by atoms with van der Waals surface area (Å²) in [6, 6.07) is 11.7. The van der Waals surface area contributed by atoms with Crippen LogP contribution < -0.4 is 10.1 Å². The van der Waals surface area contributed by atoms with Crippen LogP contribution in [-0.2, 0) is 16.1 Å². The quantitative estimate of drug-likeness (QED) is 0.793.